The third-order valence-electron chi connectivity index (χ3n) is 4.39. The number of nitrogens with one attached hydrogen (secondary N) is 1. The fraction of sp³-hybridized carbons (Fsp3) is 0.167. The Balaban J connectivity index is 1.63. The predicted molar refractivity (Wildman–Crippen MR) is 112 cm³/mol. The van der Waals surface area contributed by atoms with E-state index in [4.69, 9.17) is 9.47 Å². The summed E-state index contributed by atoms with van der Waals surface area (Å²) >= 11 is 0. The molecule has 3 aromatic rings. The van der Waals surface area contributed by atoms with Gasteiger partial charge in [0, 0.05) is 0 Å². The van der Waals surface area contributed by atoms with E-state index in [9.17, 15) is 14.7 Å². The van der Waals surface area contributed by atoms with E-state index in [1.165, 1.54) is 0 Å². The summed E-state index contributed by atoms with van der Waals surface area (Å²) < 4.78 is 11.0. The fourth-order valence-electron chi connectivity index (χ4n) is 2.90. The van der Waals surface area contributed by atoms with Crippen LogP contribution < -0.4 is 10.1 Å². The molecule has 0 aliphatic carbocycles. The summed E-state index contributed by atoms with van der Waals surface area (Å²) in [5, 5.41) is 11.9. The molecule has 0 saturated heterocycles. The van der Waals surface area contributed by atoms with Gasteiger partial charge < -0.3 is 19.9 Å². The minimum absolute atomic E-state index is 0.104. The zero-order chi connectivity index (χ0) is 21.2. The molecule has 0 aliphatic rings. The highest BCUT2D eigenvalue weighted by molar-refractivity contribution is 5.72. The first-order valence-electron chi connectivity index (χ1n) is 9.56. The van der Waals surface area contributed by atoms with Crippen molar-refractivity contribution in [3.63, 3.8) is 0 Å². The molecule has 3 aromatic carbocycles. The van der Waals surface area contributed by atoms with Gasteiger partial charge in [0.25, 0.3) is 0 Å². The normalized spacial score (nSPS) is 11.3. The topological polar surface area (TPSA) is 84.9 Å². The van der Waals surface area contributed by atoms with Crippen LogP contribution in [0.4, 0.5) is 4.79 Å². The number of carbonyl (C=O) groups is 2. The Kier molecular flexibility index (Phi) is 7.44. The van der Waals surface area contributed by atoms with Crippen molar-refractivity contribution in [2.45, 2.75) is 25.7 Å². The molecule has 2 N–H and O–H groups in total. The van der Waals surface area contributed by atoms with E-state index in [-0.39, 0.29) is 13.0 Å². The van der Waals surface area contributed by atoms with Gasteiger partial charge in [-0.2, -0.15) is 0 Å². The second-order valence-corrected chi connectivity index (χ2v) is 6.70. The lowest BCUT2D eigenvalue weighted by Crippen LogP contribution is -2.30. The first-order chi connectivity index (χ1) is 14.6. The number of carboxylic acid groups (broad SMARTS) is 1. The van der Waals surface area contributed by atoms with Crippen molar-refractivity contribution in [1.29, 1.82) is 0 Å². The van der Waals surface area contributed by atoms with E-state index < -0.39 is 18.1 Å². The molecule has 0 aliphatic heterocycles. The summed E-state index contributed by atoms with van der Waals surface area (Å²) in [6.45, 7) is 0.493. The number of alkyl carbamates (subject to hydrolysis) is 1. The van der Waals surface area contributed by atoms with Gasteiger partial charge in [-0.05, 0) is 28.8 Å². The van der Waals surface area contributed by atoms with Crippen molar-refractivity contribution in [3.05, 3.63) is 102 Å². The first kappa shape index (κ1) is 20.9. The van der Waals surface area contributed by atoms with Gasteiger partial charge in [0.15, 0.2) is 0 Å². The van der Waals surface area contributed by atoms with Gasteiger partial charge in [-0.15, -0.1) is 0 Å². The fourth-order valence-corrected chi connectivity index (χ4v) is 2.90. The molecular weight excluding hydrogens is 382 g/mol. The maximum atomic E-state index is 12.2. The van der Waals surface area contributed by atoms with Crippen molar-refractivity contribution in [1.82, 2.24) is 5.32 Å². The van der Waals surface area contributed by atoms with Gasteiger partial charge >= 0.3 is 12.1 Å². The Morgan fingerprint density at radius 1 is 0.833 bits per heavy atom. The highest BCUT2D eigenvalue weighted by atomic mass is 16.5. The molecule has 0 spiro atoms. The van der Waals surface area contributed by atoms with Crippen LogP contribution >= 0.6 is 0 Å². The van der Waals surface area contributed by atoms with Crippen molar-refractivity contribution in [2.24, 2.45) is 0 Å². The molecule has 0 fully saturated rings. The molecule has 1 atom stereocenters. The van der Waals surface area contributed by atoms with Gasteiger partial charge in [-0.3, -0.25) is 4.79 Å². The Hall–Kier alpha value is -3.80. The second-order valence-electron chi connectivity index (χ2n) is 6.70. The highest BCUT2D eigenvalue weighted by Gasteiger charge is 2.19. The van der Waals surface area contributed by atoms with E-state index in [0.29, 0.717) is 17.9 Å². The van der Waals surface area contributed by atoms with Crippen LogP contribution in [0, 0.1) is 0 Å². The molecule has 0 bridgehead atoms. The van der Waals surface area contributed by atoms with Crippen molar-refractivity contribution < 1.29 is 24.2 Å². The molecule has 6 heteroatoms. The van der Waals surface area contributed by atoms with Crippen LogP contribution in [-0.4, -0.2) is 17.2 Å². The van der Waals surface area contributed by atoms with Crippen LogP contribution in [0.3, 0.4) is 0 Å². The second kappa shape index (κ2) is 10.7. The number of ether oxygens (including phenoxy) is 2. The average molecular weight is 405 g/mol. The number of hydrogen-bond donors (Lipinski definition) is 2. The van der Waals surface area contributed by atoms with Gasteiger partial charge in [0.2, 0.25) is 0 Å². The molecule has 0 saturated carbocycles. The molecule has 30 heavy (non-hydrogen) atoms. The zero-order valence-electron chi connectivity index (χ0n) is 16.4. The van der Waals surface area contributed by atoms with E-state index in [2.05, 4.69) is 5.32 Å². The summed E-state index contributed by atoms with van der Waals surface area (Å²) in [4.78, 5) is 23.5. The maximum absolute atomic E-state index is 12.2. The minimum atomic E-state index is -1.03. The third-order valence-corrected chi connectivity index (χ3v) is 4.39. The Morgan fingerprint density at radius 3 is 2.10 bits per heavy atom. The van der Waals surface area contributed by atoms with Gasteiger partial charge in [-0.1, -0.05) is 72.8 Å². The quantitative estimate of drug-likeness (QED) is 0.539. The van der Waals surface area contributed by atoms with Crippen LogP contribution in [0.1, 0.15) is 29.2 Å². The Bertz CT molecular complexity index is 960. The van der Waals surface area contributed by atoms with E-state index in [1.54, 1.807) is 24.3 Å². The van der Waals surface area contributed by atoms with Crippen molar-refractivity contribution in [2.75, 3.05) is 0 Å². The molecule has 154 valence electrons. The number of carboxylic acids is 1. The number of rotatable bonds is 9. The zero-order valence-corrected chi connectivity index (χ0v) is 16.4. The minimum Gasteiger partial charge on any atom is -0.489 e. The van der Waals surface area contributed by atoms with Gasteiger partial charge in [0.1, 0.15) is 19.0 Å². The van der Waals surface area contributed by atoms with Crippen LogP contribution in [0.2, 0.25) is 0 Å². The van der Waals surface area contributed by atoms with Crippen LogP contribution in [0.15, 0.2) is 84.9 Å². The van der Waals surface area contributed by atoms with Crippen molar-refractivity contribution in [3.8, 4) is 5.75 Å². The average Bonchev–Trinajstić information content (AvgIpc) is 2.77. The van der Waals surface area contributed by atoms with Crippen LogP contribution in [0.5, 0.6) is 5.75 Å². The monoisotopic (exact) mass is 405 g/mol. The summed E-state index contributed by atoms with van der Waals surface area (Å²) in [7, 11) is 0. The standard InChI is InChI=1S/C24H23NO5/c26-23(27)15-22(25-24(28)30-17-19-10-5-2-6-11-19)20-12-7-13-21(14-20)29-16-18-8-3-1-4-9-18/h1-14,22H,15-17H2,(H,25,28)(H,26,27)/t22-/m0/s1. The first-order valence-corrected chi connectivity index (χ1v) is 9.56. The molecule has 6 nitrogen and oxygen atoms in total. The summed E-state index contributed by atoms with van der Waals surface area (Å²) in [5.41, 5.74) is 2.49. The lowest BCUT2D eigenvalue weighted by Gasteiger charge is -2.18. The molecular formula is C24H23NO5. The van der Waals surface area contributed by atoms with E-state index in [1.807, 2.05) is 60.7 Å². The smallest absolute Gasteiger partial charge is 0.407 e. The molecule has 1 amide bonds. The highest BCUT2D eigenvalue weighted by Crippen LogP contribution is 2.23. The summed E-state index contributed by atoms with van der Waals surface area (Å²) in [5.74, 6) is -0.440. The van der Waals surface area contributed by atoms with Crippen LogP contribution in [-0.2, 0) is 22.7 Å². The maximum Gasteiger partial charge on any atom is 0.407 e. The Labute approximate surface area is 175 Å². The molecule has 0 aromatic heterocycles. The molecule has 0 heterocycles. The SMILES string of the molecule is O=C(O)C[C@H](NC(=O)OCc1ccccc1)c1cccc(OCc2ccccc2)c1. The number of carbonyl (C=O) groups excluding carboxylic acids is 1. The number of amides is 1. The summed E-state index contributed by atoms with van der Waals surface area (Å²) in [6.07, 6.45) is -0.955. The largest absolute Gasteiger partial charge is 0.489 e. The van der Waals surface area contributed by atoms with Gasteiger partial charge in [0.05, 0.1) is 12.5 Å². The lowest BCUT2D eigenvalue weighted by molar-refractivity contribution is -0.137. The van der Waals surface area contributed by atoms with Crippen molar-refractivity contribution >= 4 is 12.1 Å². The molecule has 0 unspecified atom stereocenters. The number of aliphatic carboxylic acids is 1. The summed E-state index contributed by atoms with van der Waals surface area (Å²) in [6, 6.07) is 25.3. The Morgan fingerprint density at radius 2 is 1.47 bits per heavy atom. The van der Waals surface area contributed by atoms with E-state index in [0.717, 1.165) is 11.1 Å². The number of hydrogen-bond acceptors (Lipinski definition) is 4. The van der Waals surface area contributed by atoms with E-state index >= 15 is 0 Å². The van der Waals surface area contributed by atoms with Crippen LogP contribution in [0.25, 0.3) is 0 Å². The van der Waals surface area contributed by atoms with Gasteiger partial charge in [-0.25, -0.2) is 4.79 Å². The molecule has 0 radical (unpaired) electrons. The molecule has 3 rings (SSSR count). The predicted octanol–water partition coefficient (Wildman–Crippen LogP) is 4.71. The lowest BCUT2D eigenvalue weighted by atomic mass is 10.0. The third kappa shape index (κ3) is 6.67. The number of benzene rings is 3.